The Morgan fingerprint density at radius 2 is 1.76 bits per heavy atom. The van der Waals surface area contributed by atoms with Gasteiger partial charge in [-0.25, -0.2) is 0 Å². The molecule has 0 spiro atoms. The van der Waals surface area contributed by atoms with E-state index >= 15 is 0 Å². The van der Waals surface area contributed by atoms with Gasteiger partial charge in [0.15, 0.2) is 0 Å². The number of nitrogens with zero attached hydrogens (tertiary/aromatic N) is 1. The SMILES string of the molecule is CCC1(CC)CCN(Cc2ccc(CNC(C)C)o2)CC1. The van der Waals surface area contributed by atoms with Crippen molar-refractivity contribution < 1.29 is 4.42 Å². The fraction of sp³-hybridized carbons (Fsp3) is 0.778. The summed E-state index contributed by atoms with van der Waals surface area (Å²) in [4.78, 5) is 2.54. The topological polar surface area (TPSA) is 28.4 Å². The van der Waals surface area contributed by atoms with Crippen molar-refractivity contribution >= 4 is 0 Å². The third-order valence-electron chi connectivity index (χ3n) is 5.20. The lowest BCUT2D eigenvalue weighted by Crippen LogP contribution is -2.39. The van der Waals surface area contributed by atoms with E-state index in [9.17, 15) is 0 Å². The number of rotatable bonds is 7. The van der Waals surface area contributed by atoms with Crippen molar-refractivity contribution in [1.29, 1.82) is 0 Å². The van der Waals surface area contributed by atoms with Gasteiger partial charge in [0.05, 0.1) is 13.1 Å². The van der Waals surface area contributed by atoms with E-state index < -0.39 is 0 Å². The van der Waals surface area contributed by atoms with Crippen molar-refractivity contribution in [3.8, 4) is 0 Å². The van der Waals surface area contributed by atoms with E-state index in [2.05, 4.69) is 50.0 Å². The Morgan fingerprint density at radius 1 is 1.14 bits per heavy atom. The van der Waals surface area contributed by atoms with Crippen LogP contribution in [0.3, 0.4) is 0 Å². The average Bonchev–Trinajstić information content (AvgIpc) is 2.94. The van der Waals surface area contributed by atoms with Crippen LogP contribution in [0.25, 0.3) is 0 Å². The van der Waals surface area contributed by atoms with E-state index in [-0.39, 0.29) is 0 Å². The number of hydrogen-bond acceptors (Lipinski definition) is 3. The molecule has 1 aromatic heterocycles. The van der Waals surface area contributed by atoms with Crippen LogP contribution in [0.15, 0.2) is 16.5 Å². The highest BCUT2D eigenvalue weighted by molar-refractivity contribution is 5.07. The van der Waals surface area contributed by atoms with Crippen molar-refractivity contribution in [3.05, 3.63) is 23.7 Å². The van der Waals surface area contributed by atoms with Crippen LogP contribution in [0.2, 0.25) is 0 Å². The van der Waals surface area contributed by atoms with Crippen molar-refractivity contribution in [3.63, 3.8) is 0 Å². The summed E-state index contributed by atoms with van der Waals surface area (Å²) in [7, 11) is 0. The Balaban J connectivity index is 1.81. The summed E-state index contributed by atoms with van der Waals surface area (Å²) in [5.41, 5.74) is 0.603. The molecular formula is C18H32N2O. The highest BCUT2D eigenvalue weighted by Gasteiger charge is 2.31. The summed E-state index contributed by atoms with van der Waals surface area (Å²) < 4.78 is 5.94. The number of furan rings is 1. The maximum absolute atomic E-state index is 5.94. The molecule has 2 heterocycles. The fourth-order valence-corrected chi connectivity index (χ4v) is 3.27. The number of nitrogens with one attached hydrogen (secondary N) is 1. The standard InChI is InChI=1S/C18H32N2O/c1-5-18(6-2)9-11-20(12-10-18)14-17-8-7-16(21-17)13-19-15(3)4/h7-8,15,19H,5-6,9-14H2,1-4H3. The molecule has 0 bridgehead atoms. The molecule has 1 aromatic rings. The molecule has 0 radical (unpaired) electrons. The van der Waals surface area contributed by atoms with Gasteiger partial charge in [0.1, 0.15) is 11.5 Å². The van der Waals surface area contributed by atoms with Gasteiger partial charge in [0.2, 0.25) is 0 Å². The van der Waals surface area contributed by atoms with E-state index in [1.54, 1.807) is 0 Å². The zero-order valence-electron chi connectivity index (χ0n) is 14.2. The van der Waals surface area contributed by atoms with E-state index in [0.717, 1.165) is 24.6 Å². The fourth-order valence-electron chi connectivity index (χ4n) is 3.27. The van der Waals surface area contributed by atoms with E-state index in [4.69, 9.17) is 4.42 Å². The monoisotopic (exact) mass is 292 g/mol. The van der Waals surface area contributed by atoms with Crippen LogP contribution in [-0.2, 0) is 13.1 Å². The predicted octanol–water partition coefficient (Wildman–Crippen LogP) is 4.18. The van der Waals surface area contributed by atoms with Gasteiger partial charge in [-0.1, -0.05) is 40.5 Å². The molecule has 0 saturated carbocycles. The quantitative estimate of drug-likeness (QED) is 0.817. The average molecular weight is 292 g/mol. The summed E-state index contributed by atoms with van der Waals surface area (Å²) >= 11 is 0. The van der Waals surface area contributed by atoms with Crippen molar-refractivity contribution in [1.82, 2.24) is 10.2 Å². The minimum absolute atomic E-state index is 0.497. The number of likely N-dealkylation sites (tertiary alicyclic amines) is 1. The molecule has 1 aliphatic rings. The summed E-state index contributed by atoms with van der Waals surface area (Å²) in [6, 6.07) is 4.74. The Hall–Kier alpha value is -0.800. The molecule has 1 N–H and O–H groups in total. The number of hydrogen-bond donors (Lipinski definition) is 1. The van der Waals surface area contributed by atoms with Crippen LogP contribution in [0.5, 0.6) is 0 Å². The molecule has 1 fully saturated rings. The van der Waals surface area contributed by atoms with E-state index in [1.807, 2.05) is 0 Å². The van der Waals surface area contributed by atoms with Gasteiger partial charge in [-0.3, -0.25) is 4.90 Å². The van der Waals surface area contributed by atoms with Crippen molar-refractivity contribution in [2.45, 2.75) is 72.5 Å². The van der Waals surface area contributed by atoms with Crippen LogP contribution >= 0.6 is 0 Å². The first kappa shape index (κ1) is 16.6. The van der Waals surface area contributed by atoms with Crippen molar-refractivity contribution in [2.24, 2.45) is 5.41 Å². The molecule has 0 aromatic carbocycles. The maximum atomic E-state index is 5.94. The van der Waals surface area contributed by atoms with Crippen LogP contribution in [-0.4, -0.2) is 24.0 Å². The summed E-state index contributed by atoms with van der Waals surface area (Å²) in [5.74, 6) is 2.16. The lowest BCUT2D eigenvalue weighted by atomic mass is 9.74. The summed E-state index contributed by atoms with van der Waals surface area (Å²) in [5, 5.41) is 3.40. The van der Waals surface area contributed by atoms with Crippen molar-refractivity contribution in [2.75, 3.05) is 13.1 Å². The largest absolute Gasteiger partial charge is 0.463 e. The molecule has 1 saturated heterocycles. The lowest BCUT2D eigenvalue weighted by molar-refractivity contribution is 0.0860. The molecule has 0 atom stereocenters. The molecule has 21 heavy (non-hydrogen) atoms. The molecule has 2 rings (SSSR count). The van der Waals surface area contributed by atoms with Gasteiger partial charge in [-0.2, -0.15) is 0 Å². The Morgan fingerprint density at radius 3 is 2.33 bits per heavy atom. The smallest absolute Gasteiger partial charge is 0.118 e. The Labute approximate surface area is 130 Å². The van der Waals surface area contributed by atoms with Crippen LogP contribution in [0.1, 0.15) is 64.9 Å². The Bertz CT molecular complexity index is 411. The van der Waals surface area contributed by atoms with Gasteiger partial charge >= 0.3 is 0 Å². The molecule has 0 aliphatic carbocycles. The highest BCUT2D eigenvalue weighted by atomic mass is 16.3. The summed E-state index contributed by atoms with van der Waals surface area (Å²) in [6.07, 6.45) is 5.32. The van der Waals surface area contributed by atoms with Gasteiger partial charge in [-0.15, -0.1) is 0 Å². The maximum Gasteiger partial charge on any atom is 0.118 e. The first-order chi connectivity index (χ1) is 10.1. The second kappa shape index (κ2) is 7.46. The van der Waals surface area contributed by atoms with Gasteiger partial charge in [-0.05, 0) is 43.5 Å². The Kier molecular flexibility index (Phi) is 5.88. The molecule has 3 heteroatoms. The number of piperidine rings is 1. The zero-order valence-corrected chi connectivity index (χ0v) is 14.2. The zero-order chi connectivity index (χ0) is 15.3. The first-order valence-electron chi connectivity index (χ1n) is 8.60. The third-order valence-corrected chi connectivity index (χ3v) is 5.20. The second-order valence-electron chi connectivity index (χ2n) is 6.89. The summed E-state index contributed by atoms with van der Waals surface area (Å²) in [6.45, 7) is 13.2. The van der Waals surface area contributed by atoms with E-state index in [1.165, 1.54) is 38.8 Å². The van der Waals surface area contributed by atoms with Gasteiger partial charge < -0.3 is 9.73 Å². The third kappa shape index (κ3) is 4.58. The molecule has 1 aliphatic heterocycles. The van der Waals surface area contributed by atoms with Crippen LogP contribution in [0.4, 0.5) is 0 Å². The normalized spacial score (nSPS) is 19.3. The van der Waals surface area contributed by atoms with Crippen LogP contribution in [0, 0.1) is 5.41 Å². The van der Waals surface area contributed by atoms with Crippen LogP contribution < -0.4 is 5.32 Å². The molecule has 0 amide bonds. The first-order valence-corrected chi connectivity index (χ1v) is 8.60. The highest BCUT2D eigenvalue weighted by Crippen LogP contribution is 2.38. The molecule has 0 unspecified atom stereocenters. The van der Waals surface area contributed by atoms with E-state index in [0.29, 0.717) is 11.5 Å². The lowest BCUT2D eigenvalue weighted by Gasteiger charge is -2.40. The second-order valence-corrected chi connectivity index (χ2v) is 6.89. The van der Waals surface area contributed by atoms with Gasteiger partial charge in [0, 0.05) is 6.04 Å². The predicted molar refractivity (Wildman–Crippen MR) is 88.2 cm³/mol. The minimum atomic E-state index is 0.497. The van der Waals surface area contributed by atoms with Gasteiger partial charge in [0.25, 0.3) is 0 Å². The molecule has 120 valence electrons. The molecular weight excluding hydrogens is 260 g/mol. The minimum Gasteiger partial charge on any atom is -0.463 e. The molecule has 3 nitrogen and oxygen atoms in total.